The van der Waals surface area contributed by atoms with E-state index < -0.39 is 23.7 Å². The van der Waals surface area contributed by atoms with Crippen molar-refractivity contribution in [1.82, 2.24) is 10.2 Å². The van der Waals surface area contributed by atoms with E-state index in [9.17, 15) is 9.59 Å². The van der Waals surface area contributed by atoms with Gasteiger partial charge >= 0.3 is 6.09 Å². The molecule has 6 nitrogen and oxygen atoms in total. The number of rotatable bonds is 9. The Balaban J connectivity index is 3.06. The zero-order chi connectivity index (χ0) is 21.3. The van der Waals surface area contributed by atoms with E-state index in [0.29, 0.717) is 25.6 Å². The molecule has 28 heavy (non-hydrogen) atoms. The highest BCUT2D eigenvalue weighted by Crippen LogP contribution is 2.25. The molecular weight excluding hydrogens is 356 g/mol. The first-order valence-corrected chi connectivity index (χ1v) is 9.87. The first kappa shape index (κ1) is 24.0. The van der Waals surface area contributed by atoms with Gasteiger partial charge in [0.2, 0.25) is 5.91 Å². The van der Waals surface area contributed by atoms with Gasteiger partial charge in [-0.2, -0.15) is 0 Å². The molecule has 1 N–H and O–H groups in total. The SMILES string of the molecule is COCCN(CC(C)C)C(=O)C(C)C(NC(=O)OC(C)(C)C)c1ccccc1. The first-order valence-electron chi connectivity index (χ1n) is 9.87. The van der Waals surface area contributed by atoms with E-state index in [1.165, 1.54) is 0 Å². The van der Waals surface area contributed by atoms with Crippen LogP contribution in [0.4, 0.5) is 4.79 Å². The van der Waals surface area contributed by atoms with Gasteiger partial charge in [0.25, 0.3) is 0 Å². The lowest BCUT2D eigenvalue weighted by atomic mass is 9.93. The summed E-state index contributed by atoms with van der Waals surface area (Å²) in [6, 6.07) is 9.03. The van der Waals surface area contributed by atoms with Crippen LogP contribution in [0.15, 0.2) is 30.3 Å². The second-order valence-electron chi connectivity index (χ2n) is 8.49. The minimum atomic E-state index is -0.610. The Kier molecular flexibility index (Phi) is 9.46. The number of amides is 2. The molecule has 0 aliphatic rings. The Morgan fingerprint density at radius 3 is 2.21 bits per heavy atom. The summed E-state index contributed by atoms with van der Waals surface area (Å²) in [5, 5.41) is 2.89. The summed E-state index contributed by atoms with van der Waals surface area (Å²) in [6.07, 6.45) is -0.534. The zero-order valence-corrected chi connectivity index (χ0v) is 18.3. The van der Waals surface area contributed by atoms with Crippen LogP contribution in [0.5, 0.6) is 0 Å². The molecule has 1 aromatic rings. The van der Waals surface area contributed by atoms with Crippen molar-refractivity contribution in [3.05, 3.63) is 35.9 Å². The number of carbonyl (C=O) groups is 2. The monoisotopic (exact) mass is 392 g/mol. The fourth-order valence-electron chi connectivity index (χ4n) is 2.96. The Bertz CT molecular complexity index is 611. The maximum absolute atomic E-state index is 13.2. The number of alkyl carbamates (subject to hydrolysis) is 1. The molecule has 0 aliphatic heterocycles. The minimum Gasteiger partial charge on any atom is -0.444 e. The Morgan fingerprint density at radius 2 is 1.71 bits per heavy atom. The Hall–Kier alpha value is -2.08. The molecule has 6 heteroatoms. The van der Waals surface area contributed by atoms with Gasteiger partial charge in [0.1, 0.15) is 5.60 Å². The van der Waals surface area contributed by atoms with Crippen LogP contribution in [0.25, 0.3) is 0 Å². The highest BCUT2D eigenvalue weighted by Gasteiger charge is 2.31. The molecule has 0 saturated carbocycles. The van der Waals surface area contributed by atoms with Crippen LogP contribution >= 0.6 is 0 Å². The summed E-state index contributed by atoms with van der Waals surface area (Å²) < 4.78 is 10.6. The van der Waals surface area contributed by atoms with Crippen molar-refractivity contribution in [3.8, 4) is 0 Å². The van der Waals surface area contributed by atoms with Crippen LogP contribution in [0.1, 0.15) is 53.1 Å². The van der Waals surface area contributed by atoms with Gasteiger partial charge in [-0.15, -0.1) is 0 Å². The third-order valence-electron chi connectivity index (χ3n) is 4.18. The number of ether oxygens (including phenoxy) is 2. The lowest BCUT2D eigenvalue weighted by Gasteiger charge is -2.32. The number of benzene rings is 1. The fraction of sp³-hybridized carbons (Fsp3) is 0.636. The topological polar surface area (TPSA) is 67.9 Å². The summed E-state index contributed by atoms with van der Waals surface area (Å²) in [5.41, 5.74) is 0.256. The standard InChI is InChI=1S/C22H36N2O4/c1-16(2)15-24(13-14-27-7)20(25)17(3)19(18-11-9-8-10-12-18)23-21(26)28-22(4,5)6/h8-12,16-17,19H,13-15H2,1-7H3,(H,23,26). The molecule has 2 unspecified atom stereocenters. The van der Waals surface area contributed by atoms with Crippen molar-refractivity contribution in [1.29, 1.82) is 0 Å². The van der Waals surface area contributed by atoms with E-state index in [0.717, 1.165) is 5.56 Å². The van der Waals surface area contributed by atoms with Crippen molar-refractivity contribution in [2.24, 2.45) is 11.8 Å². The van der Waals surface area contributed by atoms with E-state index in [1.54, 1.807) is 7.11 Å². The molecule has 1 aromatic carbocycles. The highest BCUT2D eigenvalue weighted by atomic mass is 16.6. The third kappa shape index (κ3) is 8.30. The Labute approximate surface area is 169 Å². The molecule has 158 valence electrons. The van der Waals surface area contributed by atoms with Crippen LogP contribution < -0.4 is 5.32 Å². The lowest BCUT2D eigenvalue weighted by molar-refractivity contribution is -0.137. The molecule has 1 rings (SSSR count). The van der Waals surface area contributed by atoms with Gasteiger partial charge in [-0.3, -0.25) is 4.79 Å². The average molecular weight is 393 g/mol. The number of nitrogens with one attached hydrogen (secondary N) is 1. The van der Waals surface area contributed by atoms with Crippen LogP contribution in [-0.2, 0) is 14.3 Å². The quantitative estimate of drug-likeness (QED) is 0.689. The fourth-order valence-corrected chi connectivity index (χ4v) is 2.96. The maximum Gasteiger partial charge on any atom is 0.408 e. The molecule has 2 amide bonds. The van der Waals surface area contributed by atoms with Gasteiger partial charge in [0.15, 0.2) is 0 Å². The Morgan fingerprint density at radius 1 is 1.11 bits per heavy atom. The lowest BCUT2D eigenvalue weighted by Crippen LogP contribution is -2.45. The first-order chi connectivity index (χ1) is 13.0. The van der Waals surface area contributed by atoms with Crippen LogP contribution in [0.2, 0.25) is 0 Å². The highest BCUT2D eigenvalue weighted by molar-refractivity contribution is 5.80. The second kappa shape index (κ2) is 11.1. The van der Waals surface area contributed by atoms with E-state index >= 15 is 0 Å². The average Bonchev–Trinajstić information content (AvgIpc) is 2.61. The molecule has 0 radical (unpaired) electrons. The molecule has 0 aromatic heterocycles. The van der Waals surface area contributed by atoms with E-state index in [2.05, 4.69) is 19.2 Å². The van der Waals surface area contributed by atoms with Gasteiger partial charge in [-0.05, 0) is 32.3 Å². The smallest absolute Gasteiger partial charge is 0.408 e. The number of hydrogen-bond acceptors (Lipinski definition) is 4. The van der Waals surface area contributed by atoms with Gasteiger partial charge < -0.3 is 19.7 Å². The minimum absolute atomic E-state index is 0.0179. The number of nitrogens with zero attached hydrogens (tertiary/aromatic N) is 1. The predicted molar refractivity (Wildman–Crippen MR) is 111 cm³/mol. The largest absolute Gasteiger partial charge is 0.444 e. The van der Waals surface area contributed by atoms with Gasteiger partial charge in [0, 0.05) is 20.2 Å². The van der Waals surface area contributed by atoms with E-state index in [-0.39, 0.29) is 5.91 Å². The molecule has 2 atom stereocenters. The van der Waals surface area contributed by atoms with Crippen molar-refractivity contribution in [2.75, 3.05) is 26.8 Å². The van der Waals surface area contributed by atoms with Gasteiger partial charge in [-0.25, -0.2) is 4.79 Å². The van der Waals surface area contributed by atoms with E-state index in [4.69, 9.17) is 9.47 Å². The maximum atomic E-state index is 13.2. The molecule has 0 saturated heterocycles. The summed E-state index contributed by atoms with van der Waals surface area (Å²) in [5.74, 6) is -0.136. The van der Waals surface area contributed by atoms with Crippen molar-refractivity contribution in [2.45, 2.75) is 53.2 Å². The molecule has 0 aliphatic carbocycles. The van der Waals surface area contributed by atoms with Crippen molar-refractivity contribution >= 4 is 12.0 Å². The van der Waals surface area contributed by atoms with Crippen LogP contribution in [0, 0.1) is 11.8 Å². The van der Waals surface area contributed by atoms with Crippen LogP contribution in [0.3, 0.4) is 0 Å². The molecule has 0 spiro atoms. The zero-order valence-electron chi connectivity index (χ0n) is 18.3. The van der Waals surface area contributed by atoms with Gasteiger partial charge in [-0.1, -0.05) is 51.1 Å². The second-order valence-corrected chi connectivity index (χ2v) is 8.49. The molecule has 0 heterocycles. The summed E-state index contributed by atoms with van der Waals surface area (Å²) >= 11 is 0. The summed E-state index contributed by atoms with van der Waals surface area (Å²) in [7, 11) is 1.62. The van der Waals surface area contributed by atoms with Crippen molar-refractivity contribution < 1.29 is 19.1 Å². The van der Waals surface area contributed by atoms with Crippen molar-refractivity contribution in [3.63, 3.8) is 0 Å². The molecular formula is C22H36N2O4. The molecule has 0 bridgehead atoms. The number of carbonyl (C=O) groups excluding carboxylic acids is 2. The third-order valence-corrected chi connectivity index (χ3v) is 4.18. The molecule has 0 fully saturated rings. The van der Waals surface area contributed by atoms with Gasteiger partial charge in [0.05, 0.1) is 18.6 Å². The number of hydrogen-bond donors (Lipinski definition) is 1. The normalized spacial score (nSPS) is 13.7. The van der Waals surface area contributed by atoms with E-state index in [1.807, 2.05) is 62.9 Å². The summed E-state index contributed by atoms with van der Waals surface area (Å²) in [4.78, 5) is 27.5. The summed E-state index contributed by atoms with van der Waals surface area (Å²) in [6.45, 7) is 13.1. The van der Waals surface area contributed by atoms with Crippen LogP contribution in [-0.4, -0.2) is 49.3 Å². The predicted octanol–water partition coefficient (Wildman–Crippen LogP) is 4.02. The number of methoxy groups -OCH3 is 1.